The lowest BCUT2D eigenvalue weighted by Gasteiger charge is -2.56. The Kier molecular flexibility index (Phi) is 2.53. The second kappa shape index (κ2) is 3.58. The number of hydrogen-bond donors (Lipinski definition) is 0. The number of rotatable bonds is 2. The van der Waals surface area contributed by atoms with Crippen LogP contribution >= 0.6 is 0 Å². The van der Waals surface area contributed by atoms with Gasteiger partial charge in [0, 0.05) is 5.60 Å². The normalized spacial score (nSPS) is 47.1. The van der Waals surface area contributed by atoms with Gasteiger partial charge in [-0.15, -0.1) is 0 Å². The van der Waals surface area contributed by atoms with Gasteiger partial charge in [0.2, 0.25) is 0 Å². The van der Waals surface area contributed by atoms with E-state index in [0.29, 0.717) is 0 Å². The summed E-state index contributed by atoms with van der Waals surface area (Å²) in [4.78, 5) is 0. The van der Waals surface area contributed by atoms with Crippen molar-refractivity contribution in [3.63, 3.8) is 0 Å². The van der Waals surface area contributed by atoms with Crippen molar-refractivity contribution in [1.29, 1.82) is 0 Å². The molecule has 0 amide bonds. The van der Waals surface area contributed by atoms with Crippen LogP contribution in [0.3, 0.4) is 0 Å². The van der Waals surface area contributed by atoms with Crippen LogP contribution in [0.4, 0.5) is 0 Å². The maximum atomic E-state index is 6.25. The van der Waals surface area contributed by atoms with Gasteiger partial charge in [-0.25, -0.2) is 0 Å². The molecule has 0 aromatic carbocycles. The predicted molar refractivity (Wildman–Crippen MR) is 70.2 cm³/mol. The Morgan fingerprint density at radius 3 is 1.75 bits per heavy atom. The fourth-order valence-electron chi connectivity index (χ4n) is 4.84. The topological polar surface area (TPSA) is 9.23 Å². The minimum Gasteiger partial charge on any atom is -0.419 e. The van der Waals surface area contributed by atoms with Crippen LogP contribution in [0.2, 0.25) is 5.04 Å². The lowest BCUT2D eigenvalue weighted by atomic mass is 9.56. The second-order valence-electron chi connectivity index (χ2n) is 7.82. The first-order valence-corrected chi connectivity index (χ1v) is 8.37. The zero-order chi connectivity index (χ0) is 11.4. The molecule has 4 saturated carbocycles. The number of hydrogen-bond acceptors (Lipinski definition) is 1. The molecule has 4 aliphatic rings. The van der Waals surface area contributed by atoms with Gasteiger partial charge in [0.15, 0.2) is 9.76 Å². The minimum absolute atomic E-state index is 0.107. The monoisotopic (exact) mass is 238 g/mol. The maximum absolute atomic E-state index is 6.25. The van der Waals surface area contributed by atoms with Crippen molar-refractivity contribution in [2.75, 3.05) is 0 Å². The van der Waals surface area contributed by atoms with Crippen LogP contribution in [0.25, 0.3) is 0 Å². The summed E-state index contributed by atoms with van der Waals surface area (Å²) in [5.74, 6) is 3.26. The standard InChI is InChI=1S/C14H26OSi/c1-13(2,3)15-16-14-7-10-4-11(8-14)6-12(5-10)9-14/h10-12H,4-9,16H2,1-3H3. The lowest BCUT2D eigenvalue weighted by Crippen LogP contribution is -2.46. The van der Waals surface area contributed by atoms with E-state index in [1.807, 2.05) is 0 Å². The first-order valence-electron chi connectivity index (χ1n) is 7.08. The average Bonchev–Trinajstić information content (AvgIpc) is 2.11. The first kappa shape index (κ1) is 11.3. The Bertz CT molecular complexity index is 244. The zero-order valence-electron chi connectivity index (χ0n) is 11.1. The summed E-state index contributed by atoms with van der Waals surface area (Å²) in [5, 5.41) is 0.724. The fourth-order valence-corrected chi connectivity index (χ4v) is 7.15. The zero-order valence-corrected chi connectivity index (χ0v) is 12.5. The Labute approximate surface area is 102 Å². The molecule has 0 saturated heterocycles. The molecule has 4 fully saturated rings. The third kappa shape index (κ3) is 2.11. The van der Waals surface area contributed by atoms with Crippen LogP contribution in [0.1, 0.15) is 59.3 Å². The van der Waals surface area contributed by atoms with E-state index in [1.54, 1.807) is 19.3 Å². The van der Waals surface area contributed by atoms with E-state index < -0.39 is 0 Å². The quantitative estimate of drug-likeness (QED) is 0.671. The summed E-state index contributed by atoms with van der Waals surface area (Å²) in [7, 11) is -0.327. The molecule has 4 bridgehead atoms. The van der Waals surface area contributed by atoms with Gasteiger partial charge in [-0.3, -0.25) is 0 Å². The van der Waals surface area contributed by atoms with Crippen molar-refractivity contribution >= 4 is 9.76 Å². The largest absolute Gasteiger partial charge is 0.419 e. The van der Waals surface area contributed by atoms with E-state index >= 15 is 0 Å². The molecule has 0 unspecified atom stereocenters. The molecule has 16 heavy (non-hydrogen) atoms. The van der Waals surface area contributed by atoms with Gasteiger partial charge >= 0.3 is 0 Å². The summed E-state index contributed by atoms with van der Waals surface area (Å²) >= 11 is 0. The Morgan fingerprint density at radius 1 is 0.938 bits per heavy atom. The highest BCUT2D eigenvalue weighted by molar-refractivity contribution is 6.32. The van der Waals surface area contributed by atoms with Gasteiger partial charge in [0.25, 0.3) is 0 Å². The molecule has 0 atom stereocenters. The summed E-state index contributed by atoms with van der Waals surface area (Å²) in [5.41, 5.74) is 0.107. The van der Waals surface area contributed by atoms with E-state index in [0.717, 1.165) is 22.8 Å². The van der Waals surface area contributed by atoms with Crippen molar-refractivity contribution in [3.05, 3.63) is 0 Å². The van der Waals surface area contributed by atoms with Crippen LogP contribution in [-0.4, -0.2) is 15.4 Å². The molecule has 0 aromatic rings. The van der Waals surface area contributed by atoms with Crippen LogP contribution in [-0.2, 0) is 4.43 Å². The smallest absolute Gasteiger partial charge is 0.168 e. The first-order chi connectivity index (χ1) is 7.44. The Morgan fingerprint density at radius 2 is 1.38 bits per heavy atom. The molecule has 1 nitrogen and oxygen atoms in total. The molecule has 0 N–H and O–H groups in total. The summed E-state index contributed by atoms with van der Waals surface area (Å²) in [6, 6.07) is 0. The van der Waals surface area contributed by atoms with Gasteiger partial charge in [-0.05, 0) is 82.1 Å². The molecule has 0 heterocycles. The molecule has 2 heteroatoms. The third-order valence-electron chi connectivity index (χ3n) is 4.98. The van der Waals surface area contributed by atoms with E-state index in [4.69, 9.17) is 4.43 Å². The summed E-state index contributed by atoms with van der Waals surface area (Å²) < 4.78 is 6.25. The SMILES string of the molecule is CC(C)(C)O[SiH2]C12CC3CC(CC(C3)C1)C2. The van der Waals surface area contributed by atoms with Crippen molar-refractivity contribution in [2.24, 2.45) is 17.8 Å². The highest BCUT2D eigenvalue weighted by Gasteiger charge is 2.51. The minimum atomic E-state index is -0.327. The van der Waals surface area contributed by atoms with Crippen LogP contribution < -0.4 is 0 Å². The fraction of sp³-hybridized carbons (Fsp3) is 1.00. The molecule has 0 aromatic heterocycles. The van der Waals surface area contributed by atoms with Crippen molar-refractivity contribution < 1.29 is 4.43 Å². The third-order valence-corrected chi connectivity index (χ3v) is 7.47. The van der Waals surface area contributed by atoms with Crippen LogP contribution in [0.15, 0.2) is 0 Å². The van der Waals surface area contributed by atoms with Crippen LogP contribution in [0.5, 0.6) is 0 Å². The van der Waals surface area contributed by atoms with Crippen molar-refractivity contribution in [3.8, 4) is 0 Å². The van der Waals surface area contributed by atoms with Gasteiger partial charge in [-0.1, -0.05) is 0 Å². The average molecular weight is 238 g/mol. The molecule has 92 valence electrons. The summed E-state index contributed by atoms with van der Waals surface area (Å²) in [6.07, 6.45) is 9.26. The maximum Gasteiger partial charge on any atom is 0.168 e. The van der Waals surface area contributed by atoms with E-state index in [2.05, 4.69) is 20.8 Å². The van der Waals surface area contributed by atoms with Crippen molar-refractivity contribution in [2.45, 2.75) is 69.9 Å². The van der Waals surface area contributed by atoms with Crippen LogP contribution in [0, 0.1) is 17.8 Å². The highest BCUT2D eigenvalue weighted by atomic mass is 28.2. The molecule has 0 spiro atoms. The molecule has 4 aliphatic carbocycles. The molecular weight excluding hydrogens is 212 g/mol. The second-order valence-corrected chi connectivity index (χ2v) is 9.90. The lowest BCUT2D eigenvalue weighted by molar-refractivity contribution is 0.0143. The van der Waals surface area contributed by atoms with Gasteiger partial charge in [-0.2, -0.15) is 0 Å². The molecule has 0 aliphatic heterocycles. The Hall–Kier alpha value is 0.177. The predicted octanol–water partition coefficient (Wildman–Crippen LogP) is 3.27. The van der Waals surface area contributed by atoms with Gasteiger partial charge < -0.3 is 4.43 Å². The highest BCUT2D eigenvalue weighted by Crippen LogP contribution is 2.63. The van der Waals surface area contributed by atoms with E-state index in [9.17, 15) is 0 Å². The Balaban J connectivity index is 1.69. The molecule has 4 rings (SSSR count). The van der Waals surface area contributed by atoms with E-state index in [1.165, 1.54) is 19.3 Å². The molecular formula is C14H26OSi. The summed E-state index contributed by atoms with van der Waals surface area (Å²) in [6.45, 7) is 6.67. The van der Waals surface area contributed by atoms with E-state index in [-0.39, 0.29) is 15.4 Å². The van der Waals surface area contributed by atoms with Crippen molar-refractivity contribution in [1.82, 2.24) is 0 Å². The van der Waals surface area contributed by atoms with Gasteiger partial charge in [0.1, 0.15) is 0 Å². The molecule has 0 radical (unpaired) electrons. The van der Waals surface area contributed by atoms with Gasteiger partial charge in [0.05, 0.1) is 0 Å².